The number of anilines is 3. The number of fused-ring (bicyclic) bond motifs is 6. The highest BCUT2D eigenvalue weighted by atomic mass is 32.1. The van der Waals surface area contributed by atoms with Crippen LogP contribution in [0.15, 0.2) is 218 Å². The fraction of sp³-hybridized carbons (Fsp3) is 0. The summed E-state index contributed by atoms with van der Waals surface area (Å²) in [7, 11) is 0. The Morgan fingerprint density at radius 1 is 0.298 bits per heavy atom. The van der Waals surface area contributed by atoms with Crippen molar-refractivity contribution in [1.29, 1.82) is 0 Å². The Labute approximate surface area is 335 Å². The van der Waals surface area contributed by atoms with Crippen LogP contribution in [0.2, 0.25) is 0 Å². The molecule has 0 unspecified atom stereocenters. The molecule has 0 N–H and O–H groups in total. The molecule has 2 nitrogen and oxygen atoms in total. The SMILES string of the molecule is c1ccc(-c2cccc(-c3cccc(N(c4ccccc4)c4cccc(-c5ccc6c(c5)c5ccccc5n6-c5ccc6sc7ccccc7c6c5)c4)c3)c2)cc1. The number of aromatic nitrogens is 1. The average Bonchev–Trinajstić information content (AvgIpc) is 3.82. The molecule has 2 heterocycles. The van der Waals surface area contributed by atoms with E-state index in [2.05, 4.69) is 228 Å². The van der Waals surface area contributed by atoms with Crippen LogP contribution in [0.4, 0.5) is 17.1 Å². The van der Waals surface area contributed by atoms with Gasteiger partial charge < -0.3 is 9.47 Å². The summed E-state index contributed by atoms with van der Waals surface area (Å²) in [5, 5.41) is 5.12. The lowest BCUT2D eigenvalue weighted by molar-refractivity contribution is 1.19. The molecule has 9 aromatic carbocycles. The van der Waals surface area contributed by atoms with Gasteiger partial charge in [-0.25, -0.2) is 0 Å². The largest absolute Gasteiger partial charge is 0.310 e. The van der Waals surface area contributed by atoms with Gasteiger partial charge in [-0.3, -0.25) is 0 Å². The molecule has 0 aliphatic carbocycles. The highest BCUT2D eigenvalue weighted by molar-refractivity contribution is 7.25. The van der Waals surface area contributed by atoms with E-state index in [9.17, 15) is 0 Å². The summed E-state index contributed by atoms with van der Waals surface area (Å²) in [6, 6.07) is 79.4. The number of benzene rings is 9. The zero-order chi connectivity index (χ0) is 37.7. The van der Waals surface area contributed by atoms with E-state index in [1.807, 2.05) is 11.3 Å². The minimum atomic E-state index is 1.10. The highest BCUT2D eigenvalue weighted by Gasteiger charge is 2.17. The third-order valence-electron chi connectivity index (χ3n) is 11.2. The minimum Gasteiger partial charge on any atom is -0.310 e. The van der Waals surface area contributed by atoms with E-state index in [1.54, 1.807) is 0 Å². The molecule has 0 atom stereocenters. The van der Waals surface area contributed by atoms with Crippen molar-refractivity contribution in [1.82, 2.24) is 4.57 Å². The zero-order valence-electron chi connectivity index (χ0n) is 31.1. The van der Waals surface area contributed by atoms with E-state index in [4.69, 9.17) is 0 Å². The van der Waals surface area contributed by atoms with Crippen molar-refractivity contribution in [3.05, 3.63) is 218 Å². The summed E-state index contributed by atoms with van der Waals surface area (Å²) < 4.78 is 5.07. The molecule has 57 heavy (non-hydrogen) atoms. The smallest absolute Gasteiger partial charge is 0.0541 e. The Morgan fingerprint density at radius 2 is 0.825 bits per heavy atom. The monoisotopic (exact) mass is 744 g/mol. The van der Waals surface area contributed by atoms with Crippen LogP contribution in [-0.4, -0.2) is 4.57 Å². The first-order chi connectivity index (χ1) is 28.2. The molecule has 2 aromatic heterocycles. The molecule has 0 bridgehead atoms. The first kappa shape index (κ1) is 33.2. The van der Waals surface area contributed by atoms with E-state index in [1.165, 1.54) is 81.0 Å². The van der Waals surface area contributed by atoms with Gasteiger partial charge in [-0.2, -0.15) is 0 Å². The van der Waals surface area contributed by atoms with Gasteiger partial charge in [0.05, 0.1) is 11.0 Å². The normalized spacial score (nSPS) is 11.5. The molecular formula is C54H36N2S. The van der Waals surface area contributed by atoms with Crippen LogP contribution in [0.3, 0.4) is 0 Å². The third kappa shape index (κ3) is 5.88. The molecule has 3 heteroatoms. The van der Waals surface area contributed by atoms with E-state index in [-0.39, 0.29) is 0 Å². The molecule has 0 aliphatic heterocycles. The van der Waals surface area contributed by atoms with E-state index < -0.39 is 0 Å². The van der Waals surface area contributed by atoms with Gasteiger partial charge in [0.15, 0.2) is 0 Å². The number of hydrogen-bond acceptors (Lipinski definition) is 2. The fourth-order valence-corrected chi connectivity index (χ4v) is 9.55. The Kier molecular flexibility index (Phi) is 8.04. The molecule has 0 amide bonds. The summed E-state index contributed by atoms with van der Waals surface area (Å²) in [5.74, 6) is 0. The molecule has 0 fully saturated rings. The molecule has 11 aromatic rings. The van der Waals surface area contributed by atoms with Gasteiger partial charge >= 0.3 is 0 Å². The second-order valence-electron chi connectivity index (χ2n) is 14.6. The van der Waals surface area contributed by atoms with E-state index in [0.717, 1.165) is 17.1 Å². The maximum Gasteiger partial charge on any atom is 0.0541 e. The minimum absolute atomic E-state index is 1.10. The second-order valence-corrected chi connectivity index (χ2v) is 15.7. The molecule has 11 rings (SSSR count). The zero-order valence-corrected chi connectivity index (χ0v) is 31.9. The molecule has 0 spiro atoms. The predicted molar refractivity (Wildman–Crippen MR) is 245 cm³/mol. The van der Waals surface area contributed by atoms with Crippen molar-refractivity contribution < 1.29 is 0 Å². The van der Waals surface area contributed by atoms with Crippen LogP contribution >= 0.6 is 11.3 Å². The first-order valence-electron chi connectivity index (χ1n) is 19.4. The van der Waals surface area contributed by atoms with Crippen LogP contribution in [-0.2, 0) is 0 Å². The van der Waals surface area contributed by atoms with E-state index >= 15 is 0 Å². The number of nitrogens with zero attached hydrogens (tertiary/aromatic N) is 2. The molecule has 268 valence electrons. The number of hydrogen-bond donors (Lipinski definition) is 0. The fourth-order valence-electron chi connectivity index (χ4n) is 8.47. The van der Waals surface area contributed by atoms with Crippen molar-refractivity contribution >= 4 is 70.4 Å². The predicted octanol–water partition coefficient (Wildman–Crippen LogP) is 15.6. The van der Waals surface area contributed by atoms with Gasteiger partial charge in [0.2, 0.25) is 0 Å². The maximum atomic E-state index is 2.43. The lowest BCUT2D eigenvalue weighted by atomic mass is 9.98. The third-order valence-corrected chi connectivity index (χ3v) is 12.3. The summed E-state index contributed by atoms with van der Waals surface area (Å²) in [4.78, 5) is 2.36. The Balaban J connectivity index is 1.01. The Bertz CT molecular complexity index is 3250. The molecule has 0 saturated carbocycles. The van der Waals surface area contributed by atoms with Crippen LogP contribution in [0.5, 0.6) is 0 Å². The van der Waals surface area contributed by atoms with Gasteiger partial charge in [-0.1, -0.05) is 133 Å². The molecule has 0 aliphatic rings. The molecule has 0 saturated heterocycles. The molecular weight excluding hydrogens is 709 g/mol. The van der Waals surface area contributed by atoms with Gasteiger partial charge in [0.25, 0.3) is 0 Å². The van der Waals surface area contributed by atoms with Gasteiger partial charge in [-0.15, -0.1) is 11.3 Å². The van der Waals surface area contributed by atoms with E-state index in [0.29, 0.717) is 0 Å². The lowest BCUT2D eigenvalue weighted by Gasteiger charge is -2.26. The van der Waals surface area contributed by atoms with Gasteiger partial charge in [-0.05, 0) is 118 Å². The summed E-state index contributed by atoms with van der Waals surface area (Å²) in [6.07, 6.45) is 0. The average molecular weight is 745 g/mol. The van der Waals surface area contributed by atoms with Gasteiger partial charge in [0.1, 0.15) is 0 Å². The molecule has 0 radical (unpaired) electrons. The number of thiophene rings is 1. The van der Waals surface area contributed by atoms with Crippen molar-refractivity contribution in [2.24, 2.45) is 0 Å². The van der Waals surface area contributed by atoms with Crippen LogP contribution < -0.4 is 4.90 Å². The van der Waals surface area contributed by atoms with Gasteiger partial charge in [0, 0.05) is 53.7 Å². The van der Waals surface area contributed by atoms with Crippen molar-refractivity contribution in [2.45, 2.75) is 0 Å². The topological polar surface area (TPSA) is 8.17 Å². The summed E-state index contributed by atoms with van der Waals surface area (Å²) in [6.45, 7) is 0. The lowest BCUT2D eigenvalue weighted by Crippen LogP contribution is -2.10. The quantitative estimate of drug-likeness (QED) is 0.158. The van der Waals surface area contributed by atoms with Crippen LogP contribution in [0.1, 0.15) is 0 Å². The number of para-hydroxylation sites is 2. The maximum absolute atomic E-state index is 2.43. The standard InChI is InChI=1S/C54H36N2S/c1-3-14-37(15-4-1)38-16-11-17-39(32-38)40-18-12-22-44(33-40)55(43-20-5-2-6-21-43)45-23-13-19-41(34-45)42-28-30-52-49(35-42)47-24-7-9-26-51(47)56(52)46-29-31-54-50(36-46)48-25-8-10-27-53(48)57-54/h1-36H. The summed E-state index contributed by atoms with van der Waals surface area (Å²) in [5.41, 5.74) is 14.1. The second kappa shape index (κ2) is 13.8. The van der Waals surface area contributed by atoms with Crippen molar-refractivity contribution in [3.8, 4) is 39.1 Å². The Morgan fingerprint density at radius 3 is 1.58 bits per heavy atom. The van der Waals surface area contributed by atoms with Crippen molar-refractivity contribution in [3.63, 3.8) is 0 Å². The van der Waals surface area contributed by atoms with Crippen LogP contribution in [0.25, 0.3) is 81.0 Å². The van der Waals surface area contributed by atoms with Crippen LogP contribution in [0, 0.1) is 0 Å². The number of rotatable bonds is 7. The highest BCUT2D eigenvalue weighted by Crippen LogP contribution is 2.41. The summed E-state index contributed by atoms with van der Waals surface area (Å²) >= 11 is 1.86. The first-order valence-corrected chi connectivity index (χ1v) is 20.2. The van der Waals surface area contributed by atoms with Crippen molar-refractivity contribution in [2.75, 3.05) is 4.90 Å². The Hall–Kier alpha value is -7.20.